The van der Waals surface area contributed by atoms with Crippen LogP contribution >= 0.6 is 15.9 Å². The van der Waals surface area contributed by atoms with Crippen LogP contribution < -0.4 is 15.4 Å². The second-order valence-electron chi connectivity index (χ2n) is 7.56. The minimum atomic E-state index is -0.614. The number of hydrogen-bond donors (Lipinski definition) is 2. The molecule has 0 aliphatic carbocycles. The van der Waals surface area contributed by atoms with Gasteiger partial charge in [-0.2, -0.15) is 0 Å². The number of rotatable bonds is 6. The zero-order chi connectivity index (χ0) is 25.1. The lowest BCUT2D eigenvalue weighted by atomic mass is 10.1. The first-order chi connectivity index (χ1) is 16.7. The molecule has 0 atom stereocenters. The Morgan fingerprint density at radius 2 is 1.54 bits per heavy atom. The minimum Gasteiger partial charge on any atom is -0.427 e. The van der Waals surface area contributed by atoms with E-state index in [2.05, 4.69) is 26.6 Å². The van der Waals surface area contributed by atoms with Gasteiger partial charge in [-0.15, -0.1) is 0 Å². The second-order valence-corrected chi connectivity index (χ2v) is 8.47. The normalized spacial score (nSPS) is 12.2. The van der Waals surface area contributed by atoms with E-state index in [0.29, 0.717) is 10.2 Å². The molecule has 1 aliphatic heterocycles. The molecule has 0 saturated heterocycles. The second kappa shape index (κ2) is 9.90. The number of carbonyl (C=O) groups excluding carboxylic acids is 5. The first-order valence-electron chi connectivity index (χ1n) is 10.4. The first-order valence-corrected chi connectivity index (χ1v) is 11.2. The van der Waals surface area contributed by atoms with Crippen molar-refractivity contribution in [2.75, 3.05) is 17.2 Å². The van der Waals surface area contributed by atoms with E-state index in [-0.39, 0.29) is 28.1 Å². The Morgan fingerprint density at radius 1 is 0.857 bits per heavy atom. The summed E-state index contributed by atoms with van der Waals surface area (Å²) in [5.41, 5.74) is 1.27. The maximum Gasteiger partial charge on any atom is 0.308 e. The van der Waals surface area contributed by atoms with Gasteiger partial charge in [-0.1, -0.05) is 34.1 Å². The molecule has 35 heavy (non-hydrogen) atoms. The summed E-state index contributed by atoms with van der Waals surface area (Å²) < 4.78 is 5.65. The highest BCUT2D eigenvalue weighted by Gasteiger charge is 2.36. The zero-order valence-electron chi connectivity index (χ0n) is 18.3. The van der Waals surface area contributed by atoms with Gasteiger partial charge in [0.2, 0.25) is 5.91 Å². The molecule has 0 fully saturated rings. The highest BCUT2D eigenvalue weighted by Crippen LogP contribution is 2.27. The molecule has 176 valence electrons. The number of para-hydroxylation sites is 2. The number of carbonyl (C=O) groups is 5. The molecule has 2 N–H and O–H groups in total. The van der Waals surface area contributed by atoms with Crippen LogP contribution in [-0.2, 0) is 9.59 Å². The standard InChI is InChI=1S/C25H18BrN3O6/c1-14(30)35-17-6-4-5-15(11-17)23(32)28-21-8-3-2-7-20(21)27-22(31)13-29-24(33)18-10-9-16(26)12-19(18)25(29)34/h2-12H,13H2,1H3,(H,27,31)(H,28,32). The number of anilines is 2. The Hall–Kier alpha value is -4.31. The Balaban J connectivity index is 1.46. The fourth-order valence-corrected chi connectivity index (χ4v) is 3.86. The van der Waals surface area contributed by atoms with E-state index in [0.717, 1.165) is 4.90 Å². The lowest BCUT2D eigenvalue weighted by Crippen LogP contribution is -2.37. The molecule has 0 spiro atoms. The molecule has 4 rings (SSSR count). The number of benzene rings is 3. The van der Waals surface area contributed by atoms with Gasteiger partial charge in [0.25, 0.3) is 17.7 Å². The molecular weight excluding hydrogens is 518 g/mol. The Morgan fingerprint density at radius 3 is 2.26 bits per heavy atom. The summed E-state index contributed by atoms with van der Waals surface area (Å²) in [6, 6.07) is 17.3. The van der Waals surface area contributed by atoms with Gasteiger partial charge in [-0.05, 0) is 48.5 Å². The Labute approximate surface area is 208 Å². The number of nitrogens with one attached hydrogen (secondary N) is 2. The number of amides is 4. The largest absolute Gasteiger partial charge is 0.427 e. The molecule has 0 radical (unpaired) electrons. The van der Waals surface area contributed by atoms with Crippen molar-refractivity contribution in [3.8, 4) is 5.75 Å². The number of esters is 1. The molecule has 4 amide bonds. The predicted octanol–water partition coefficient (Wildman–Crippen LogP) is 3.86. The zero-order valence-corrected chi connectivity index (χ0v) is 19.9. The van der Waals surface area contributed by atoms with E-state index < -0.39 is 36.1 Å². The molecule has 0 aromatic heterocycles. The van der Waals surface area contributed by atoms with Crippen LogP contribution in [0.25, 0.3) is 0 Å². The SMILES string of the molecule is CC(=O)Oc1cccc(C(=O)Nc2ccccc2NC(=O)CN2C(=O)c3ccc(Br)cc3C2=O)c1. The lowest BCUT2D eigenvalue weighted by molar-refractivity contribution is -0.131. The first kappa shape index (κ1) is 23.8. The van der Waals surface area contributed by atoms with Crippen molar-refractivity contribution < 1.29 is 28.7 Å². The van der Waals surface area contributed by atoms with Crippen molar-refractivity contribution in [3.63, 3.8) is 0 Å². The molecule has 1 heterocycles. The lowest BCUT2D eigenvalue weighted by Gasteiger charge is -2.16. The summed E-state index contributed by atoms with van der Waals surface area (Å²) in [6.07, 6.45) is 0. The van der Waals surface area contributed by atoms with Crippen molar-refractivity contribution >= 4 is 56.9 Å². The van der Waals surface area contributed by atoms with E-state index in [9.17, 15) is 24.0 Å². The molecule has 3 aromatic rings. The molecule has 9 nitrogen and oxygen atoms in total. The highest BCUT2D eigenvalue weighted by atomic mass is 79.9. The maximum absolute atomic E-state index is 12.7. The average Bonchev–Trinajstić information content (AvgIpc) is 3.04. The fourth-order valence-electron chi connectivity index (χ4n) is 3.50. The van der Waals surface area contributed by atoms with Crippen molar-refractivity contribution in [2.24, 2.45) is 0 Å². The molecule has 3 aromatic carbocycles. The van der Waals surface area contributed by atoms with E-state index in [1.807, 2.05) is 0 Å². The third kappa shape index (κ3) is 5.28. The Bertz CT molecular complexity index is 1390. The summed E-state index contributed by atoms with van der Waals surface area (Å²) in [5, 5.41) is 5.33. The number of imide groups is 1. The topological polar surface area (TPSA) is 122 Å². The van der Waals surface area contributed by atoms with Gasteiger partial charge >= 0.3 is 5.97 Å². The van der Waals surface area contributed by atoms with Crippen molar-refractivity contribution in [3.05, 3.63) is 87.9 Å². The van der Waals surface area contributed by atoms with Crippen molar-refractivity contribution in [1.82, 2.24) is 4.90 Å². The van der Waals surface area contributed by atoms with Crippen LogP contribution in [0.15, 0.2) is 71.2 Å². The van der Waals surface area contributed by atoms with Gasteiger partial charge in [-0.3, -0.25) is 28.9 Å². The van der Waals surface area contributed by atoms with Crippen LogP contribution in [-0.4, -0.2) is 41.0 Å². The van der Waals surface area contributed by atoms with Gasteiger partial charge in [0, 0.05) is 17.0 Å². The van der Waals surface area contributed by atoms with E-state index >= 15 is 0 Å². The quantitative estimate of drug-likeness (QED) is 0.280. The number of ether oxygens (including phenoxy) is 1. The molecule has 0 bridgehead atoms. The summed E-state index contributed by atoms with van der Waals surface area (Å²) >= 11 is 3.27. The fraction of sp³-hybridized carbons (Fsp3) is 0.0800. The van der Waals surface area contributed by atoms with Crippen LogP contribution in [0, 0.1) is 0 Å². The highest BCUT2D eigenvalue weighted by molar-refractivity contribution is 9.10. The predicted molar refractivity (Wildman–Crippen MR) is 130 cm³/mol. The van der Waals surface area contributed by atoms with Gasteiger partial charge in [0.05, 0.1) is 22.5 Å². The number of nitrogens with zero attached hydrogens (tertiary/aromatic N) is 1. The van der Waals surface area contributed by atoms with Gasteiger partial charge in [-0.25, -0.2) is 0 Å². The number of hydrogen-bond acceptors (Lipinski definition) is 6. The number of halogens is 1. The van der Waals surface area contributed by atoms with Crippen LogP contribution in [0.2, 0.25) is 0 Å². The smallest absolute Gasteiger partial charge is 0.308 e. The molecule has 1 aliphatic rings. The summed E-state index contributed by atoms with van der Waals surface area (Å²) in [6.45, 7) is 0.767. The summed E-state index contributed by atoms with van der Waals surface area (Å²) in [5.74, 6) is -2.51. The van der Waals surface area contributed by atoms with E-state index in [1.165, 1.54) is 25.1 Å². The van der Waals surface area contributed by atoms with E-state index in [4.69, 9.17) is 4.74 Å². The van der Waals surface area contributed by atoms with Crippen molar-refractivity contribution in [1.29, 1.82) is 0 Å². The third-order valence-electron chi connectivity index (χ3n) is 5.04. The average molecular weight is 536 g/mol. The molecular formula is C25H18BrN3O6. The third-order valence-corrected chi connectivity index (χ3v) is 5.53. The van der Waals surface area contributed by atoms with Gasteiger partial charge < -0.3 is 15.4 Å². The Kier molecular flexibility index (Phi) is 6.74. The van der Waals surface area contributed by atoms with E-state index in [1.54, 1.807) is 48.5 Å². The van der Waals surface area contributed by atoms with Crippen molar-refractivity contribution in [2.45, 2.75) is 6.92 Å². The molecule has 10 heteroatoms. The number of fused-ring (bicyclic) bond motifs is 1. The minimum absolute atomic E-state index is 0.222. The van der Waals surface area contributed by atoms with Crippen LogP contribution in [0.3, 0.4) is 0 Å². The monoisotopic (exact) mass is 535 g/mol. The molecule has 0 saturated carbocycles. The summed E-state index contributed by atoms with van der Waals surface area (Å²) in [7, 11) is 0. The van der Waals surface area contributed by atoms with Crippen LogP contribution in [0.1, 0.15) is 38.0 Å². The molecule has 0 unspecified atom stereocenters. The van der Waals surface area contributed by atoms with Crippen LogP contribution in [0.4, 0.5) is 11.4 Å². The maximum atomic E-state index is 12.7. The van der Waals surface area contributed by atoms with Gasteiger partial charge in [0.15, 0.2) is 0 Å². The summed E-state index contributed by atoms with van der Waals surface area (Å²) in [4.78, 5) is 62.7. The van der Waals surface area contributed by atoms with Gasteiger partial charge in [0.1, 0.15) is 12.3 Å². The van der Waals surface area contributed by atoms with Crippen LogP contribution in [0.5, 0.6) is 5.75 Å².